The van der Waals surface area contributed by atoms with Gasteiger partial charge in [-0.3, -0.25) is 0 Å². The monoisotopic (exact) mass is 661 g/mol. The second-order valence-corrected chi connectivity index (χ2v) is 15.6. The largest absolute Gasteiger partial charge is 1.00 e. The molecule has 0 radical (unpaired) electrons. The van der Waals surface area contributed by atoms with Crippen LogP contribution in [0.15, 0.2) is 121 Å². The van der Waals surface area contributed by atoms with E-state index in [0.29, 0.717) is 0 Å². The van der Waals surface area contributed by atoms with Gasteiger partial charge in [0.05, 0.1) is 13.1 Å². The van der Waals surface area contributed by atoms with Gasteiger partial charge in [-0.25, -0.2) is 0 Å². The molecule has 1 heterocycles. The molecular weight excluding hydrogens is 615 g/mol. The third kappa shape index (κ3) is 17.7. The molecule has 4 aromatic rings. The normalized spacial score (nSPS) is 12.2. The maximum atomic E-state index is 10.1. The molecule has 0 aromatic heterocycles. The zero-order valence-corrected chi connectivity index (χ0v) is 32.0. The first-order chi connectivity index (χ1) is 19.9. The molecule has 0 unspecified atom stereocenters. The van der Waals surface area contributed by atoms with Gasteiger partial charge in [0.25, 0.3) is 0 Å². The van der Waals surface area contributed by atoms with Gasteiger partial charge < -0.3 is 27.6 Å². The number of ether oxygens (including phenoxy) is 1. The third-order valence-electron chi connectivity index (χ3n) is 6.21. The molecule has 7 heteroatoms. The predicted octanol–water partition coefficient (Wildman–Crippen LogP) is -1.23. The molecule has 43 heavy (non-hydrogen) atoms. The first kappa shape index (κ1) is 40.6. The van der Waals surface area contributed by atoms with Crippen molar-refractivity contribution in [1.29, 1.82) is 0 Å². The van der Waals surface area contributed by atoms with Crippen LogP contribution in [0.25, 0.3) is 0 Å². The summed E-state index contributed by atoms with van der Waals surface area (Å²) < 4.78 is 4.94. The van der Waals surface area contributed by atoms with Crippen LogP contribution < -0.4 is 95.4 Å². The predicted molar refractivity (Wildman–Crippen MR) is 179 cm³/mol. The molecule has 3 nitrogen and oxygen atoms in total. The maximum absolute atomic E-state index is 10.1. The van der Waals surface area contributed by atoms with E-state index in [-0.39, 0.29) is 79.6 Å². The zero-order valence-electron chi connectivity index (χ0n) is 26.4. The number of rotatable bonds is 10. The number of quaternary nitrogens is 1. The Balaban J connectivity index is 0.000000660. The minimum Gasteiger partial charge on any atom is -1.00 e. The molecule has 2 N–H and O–H groups in total. The summed E-state index contributed by atoms with van der Waals surface area (Å²) in [6.45, 7) is 9.23. The Morgan fingerprint density at radius 2 is 0.837 bits per heavy atom. The van der Waals surface area contributed by atoms with Crippen molar-refractivity contribution < 1.29 is 79.0 Å². The fourth-order valence-corrected chi connectivity index (χ4v) is 8.98. The summed E-state index contributed by atoms with van der Waals surface area (Å²) in [6.07, 6.45) is 5.00. The average Bonchev–Trinajstić information content (AvgIpc) is 3.59. The van der Waals surface area contributed by atoms with E-state index in [1.807, 2.05) is 0 Å². The molecule has 0 aliphatic carbocycles. The van der Waals surface area contributed by atoms with Crippen molar-refractivity contribution in [2.75, 3.05) is 38.6 Å². The van der Waals surface area contributed by atoms with Gasteiger partial charge in [-0.2, -0.15) is 0 Å². The first-order valence-corrected chi connectivity index (χ1v) is 17.8. The van der Waals surface area contributed by atoms with Gasteiger partial charge in [-0.1, -0.05) is 142 Å². The van der Waals surface area contributed by atoms with Crippen LogP contribution in [0, 0.1) is 0 Å². The van der Waals surface area contributed by atoms with Gasteiger partial charge in [0, 0.05) is 25.5 Å². The summed E-state index contributed by atoms with van der Waals surface area (Å²) in [5, 5.41) is 18.6. The molecule has 0 bridgehead atoms. The second kappa shape index (κ2) is 23.8. The maximum Gasteiger partial charge on any atom is 1.00 e. The molecule has 1 aliphatic heterocycles. The van der Waals surface area contributed by atoms with Gasteiger partial charge in [-0.05, 0) is 49.9 Å². The van der Waals surface area contributed by atoms with Crippen molar-refractivity contribution in [1.82, 2.24) is 0 Å². The SMILES string of the molecule is C1CCOC1.CC(C)(C)[O-].[Cl-].[K+].c1ccc(P(CC[NH2+]CCP(c2ccccc2)c2ccccc2)c2ccccc2)cc1. The Morgan fingerprint density at radius 1 is 0.581 bits per heavy atom. The minimum atomic E-state index is -0.750. The molecule has 5 rings (SSSR count). The molecule has 226 valence electrons. The first-order valence-electron chi connectivity index (χ1n) is 14.8. The van der Waals surface area contributed by atoms with Crippen molar-refractivity contribution >= 4 is 37.1 Å². The standard InChI is InChI=1S/C28H29NP2.C4H8O.C4H9O.ClH.K/c1-5-13-25(14-6-1)30(26-15-7-2-8-16-26)23-21-29-22-24-31(27-17-9-3-10-18-27)28-19-11-4-12-20-28;1-2-4-5-3-1;1-4(2,3)5;;/h1-20,29H,21-24H2;1-4H2;1-3H3;1H;/q;;-1;;+1. The van der Waals surface area contributed by atoms with E-state index >= 15 is 0 Å². The van der Waals surface area contributed by atoms with Crippen molar-refractivity contribution in [2.24, 2.45) is 0 Å². The fourth-order valence-electron chi connectivity index (χ4n) is 4.34. The zero-order chi connectivity index (χ0) is 29.2. The van der Waals surface area contributed by atoms with Crippen LogP contribution in [-0.2, 0) is 4.74 Å². The van der Waals surface area contributed by atoms with Crippen LogP contribution >= 0.6 is 15.8 Å². The molecule has 0 amide bonds. The summed E-state index contributed by atoms with van der Waals surface area (Å²) >= 11 is 0. The summed E-state index contributed by atoms with van der Waals surface area (Å²) in [7, 11) is -0.593. The Morgan fingerprint density at radius 3 is 1.05 bits per heavy atom. The van der Waals surface area contributed by atoms with E-state index in [1.165, 1.54) is 59.5 Å². The minimum absolute atomic E-state index is 0. The molecule has 0 saturated carbocycles. The Labute approximate surface area is 312 Å². The molecule has 1 fully saturated rings. The van der Waals surface area contributed by atoms with Crippen molar-refractivity contribution in [3.05, 3.63) is 121 Å². The quantitative estimate of drug-likeness (QED) is 0.132. The number of hydrogen-bond acceptors (Lipinski definition) is 2. The smallest absolute Gasteiger partial charge is 1.00 e. The van der Waals surface area contributed by atoms with Gasteiger partial charge in [0.2, 0.25) is 0 Å². The van der Waals surface area contributed by atoms with Crippen molar-refractivity contribution in [3.8, 4) is 0 Å². The molecule has 4 aromatic carbocycles. The average molecular weight is 662 g/mol. The van der Waals surface area contributed by atoms with E-state index < -0.39 is 5.60 Å². The molecule has 1 aliphatic rings. The van der Waals surface area contributed by atoms with Crippen LogP contribution in [0.2, 0.25) is 0 Å². The summed E-state index contributed by atoms with van der Waals surface area (Å²) in [5.41, 5.74) is -0.750. The number of benzene rings is 4. The third-order valence-corrected chi connectivity index (χ3v) is 11.3. The van der Waals surface area contributed by atoms with Gasteiger partial charge in [0.15, 0.2) is 0 Å². The Bertz CT molecular complexity index is 1020. The van der Waals surface area contributed by atoms with Crippen molar-refractivity contribution in [2.45, 2.75) is 39.2 Å². The second-order valence-electron chi connectivity index (χ2n) is 10.9. The summed E-state index contributed by atoms with van der Waals surface area (Å²) in [6, 6.07) is 44.2. The van der Waals surface area contributed by atoms with Crippen LogP contribution in [0.5, 0.6) is 0 Å². The fraction of sp³-hybridized carbons (Fsp3) is 0.333. The van der Waals surface area contributed by atoms with Crippen molar-refractivity contribution in [3.63, 3.8) is 0 Å². The van der Waals surface area contributed by atoms with Crippen LogP contribution in [0.3, 0.4) is 0 Å². The van der Waals surface area contributed by atoms with E-state index in [4.69, 9.17) is 4.74 Å². The van der Waals surface area contributed by atoms with Gasteiger partial charge >= 0.3 is 51.4 Å². The number of halogens is 1. The molecule has 0 atom stereocenters. The molecule has 0 spiro atoms. The van der Waals surface area contributed by atoms with Crippen LogP contribution in [-0.4, -0.2) is 44.2 Å². The van der Waals surface area contributed by atoms with E-state index in [1.54, 1.807) is 20.8 Å². The Kier molecular flexibility index (Phi) is 22.5. The number of hydrogen-bond donors (Lipinski definition) is 1. The molecule has 1 saturated heterocycles. The van der Waals surface area contributed by atoms with E-state index in [2.05, 4.69) is 127 Å². The van der Waals surface area contributed by atoms with Crippen LogP contribution in [0.1, 0.15) is 33.6 Å². The number of nitrogens with two attached hydrogens (primary N) is 1. The Hall–Kier alpha value is -0.454. The summed E-state index contributed by atoms with van der Waals surface area (Å²) in [4.78, 5) is 0. The molecular formula is C36H47ClKNO2P2. The van der Waals surface area contributed by atoms with E-state index in [9.17, 15) is 5.11 Å². The van der Waals surface area contributed by atoms with Crippen LogP contribution in [0.4, 0.5) is 0 Å². The van der Waals surface area contributed by atoms with Gasteiger partial charge in [0.1, 0.15) is 0 Å². The van der Waals surface area contributed by atoms with Gasteiger partial charge in [-0.15, -0.1) is 5.60 Å². The summed E-state index contributed by atoms with van der Waals surface area (Å²) in [5.74, 6) is 0. The van der Waals surface area contributed by atoms with E-state index in [0.717, 1.165) is 13.2 Å². The topological polar surface area (TPSA) is 48.9 Å².